The van der Waals surface area contributed by atoms with E-state index in [1.165, 1.54) is 14.6 Å². The number of nitrogens with zero attached hydrogens (tertiary/aromatic N) is 2. The van der Waals surface area contributed by atoms with Gasteiger partial charge in [0.15, 0.2) is 6.54 Å². The minimum absolute atomic E-state index is 0.203. The second-order valence-electron chi connectivity index (χ2n) is 7.82. The number of likely N-dealkylation sites (tertiary alicyclic amines) is 1. The van der Waals surface area contributed by atoms with Gasteiger partial charge < -0.3 is 14.5 Å². The Bertz CT molecular complexity index is 929. The van der Waals surface area contributed by atoms with Crippen LogP contribution in [0.15, 0.2) is 48.5 Å². The summed E-state index contributed by atoms with van der Waals surface area (Å²) in [6, 6.07) is 16.3. The lowest BCUT2D eigenvalue weighted by molar-refractivity contribution is -0.897. The Labute approximate surface area is 175 Å². The van der Waals surface area contributed by atoms with E-state index in [1.54, 1.807) is 7.11 Å². The summed E-state index contributed by atoms with van der Waals surface area (Å²) in [5.41, 5.74) is 2.23. The minimum Gasteiger partial charge on any atom is -0.497 e. The molecule has 1 N–H and O–H groups in total. The SMILES string of the molecule is COc1ccc(CN(C)C(=O)C[NH+]2CCC(c3nc4ccccc4s3)CC2)cc1. The third-order valence-electron chi connectivity index (χ3n) is 5.76. The third-order valence-corrected chi connectivity index (χ3v) is 6.96. The normalized spacial score (nSPS) is 19.2. The number of fused-ring (bicyclic) bond motifs is 1. The fraction of sp³-hybridized carbons (Fsp3) is 0.391. The molecule has 29 heavy (non-hydrogen) atoms. The van der Waals surface area contributed by atoms with E-state index in [9.17, 15) is 4.79 Å². The maximum absolute atomic E-state index is 12.7. The number of thiazole rings is 1. The molecule has 6 heteroatoms. The molecular weight excluding hydrogens is 382 g/mol. The summed E-state index contributed by atoms with van der Waals surface area (Å²) in [4.78, 5) is 20.7. The van der Waals surface area contributed by atoms with Crippen molar-refractivity contribution in [1.82, 2.24) is 9.88 Å². The zero-order valence-corrected chi connectivity index (χ0v) is 17.9. The van der Waals surface area contributed by atoms with Crippen molar-refractivity contribution in [2.45, 2.75) is 25.3 Å². The van der Waals surface area contributed by atoms with Crippen molar-refractivity contribution >= 4 is 27.5 Å². The van der Waals surface area contributed by atoms with Gasteiger partial charge in [-0.15, -0.1) is 11.3 Å². The number of likely N-dealkylation sites (N-methyl/N-ethyl adjacent to an activating group) is 1. The Morgan fingerprint density at radius 2 is 1.90 bits per heavy atom. The second kappa shape index (κ2) is 8.93. The lowest BCUT2D eigenvalue weighted by Crippen LogP contribution is -3.14. The molecule has 1 fully saturated rings. The Balaban J connectivity index is 1.27. The number of rotatable bonds is 6. The summed E-state index contributed by atoms with van der Waals surface area (Å²) in [6.45, 7) is 3.26. The molecule has 0 unspecified atom stereocenters. The van der Waals surface area contributed by atoms with Crippen molar-refractivity contribution in [3.8, 4) is 5.75 Å². The van der Waals surface area contributed by atoms with E-state index < -0.39 is 0 Å². The maximum Gasteiger partial charge on any atom is 0.277 e. The van der Waals surface area contributed by atoms with Crippen LogP contribution in [0, 0.1) is 0 Å². The number of para-hydroxylation sites is 1. The van der Waals surface area contributed by atoms with Gasteiger partial charge in [-0.1, -0.05) is 24.3 Å². The van der Waals surface area contributed by atoms with E-state index >= 15 is 0 Å². The van der Waals surface area contributed by atoms with Crippen molar-refractivity contribution in [1.29, 1.82) is 0 Å². The van der Waals surface area contributed by atoms with Gasteiger partial charge in [0.25, 0.3) is 5.91 Å². The number of quaternary nitrogens is 1. The summed E-state index contributed by atoms with van der Waals surface area (Å²) in [6.07, 6.45) is 2.20. The highest BCUT2D eigenvalue weighted by Crippen LogP contribution is 2.31. The molecule has 0 radical (unpaired) electrons. The van der Waals surface area contributed by atoms with Crippen LogP contribution in [0.25, 0.3) is 10.2 Å². The van der Waals surface area contributed by atoms with Crippen LogP contribution in [0.4, 0.5) is 0 Å². The first kappa shape index (κ1) is 19.9. The number of piperidine rings is 1. The molecule has 5 nitrogen and oxygen atoms in total. The molecule has 1 aliphatic rings. The molecule has 2 aromatic carbocycles. The number of amides is 1. The van der Waals surface area contributed by atoms with Crippen molar-refractivity contribution in [2.75, 3.05) is 33.8 Å². The van der Waals surface area contributed by atoms with E-state index in [2.05, 4.69) is 18.2 Å². The van der Waals surface area contributed by atoms with E-state index in [0.717, 1.165) is 42.8 Å². The molecule has 3 aromatic rings. The molecule has 2 heterocycles. The maximum atomic E-state index is 12.7. The van der Waals surface area contributed by atoms with Gasteiger partial charge in [-0.05, 0) is 29.8 Å². The van der Waals surface area contributed by atoms with Crippen LogP contribution in [-0.2, 0) is 11.3 Å². The summed E-state index contributed by atoms with van der Waals surface area (Å²) in [7, 11) is 3.55. The molecule has 0 atom stereocenters. The molecular formula is C23H28N3O2S+. The highest BCUT2D eigenvalue weighted by molar-refractivity contribution is 7.18. The predicted octanol–water partition coefficient (Wildman–Crippen LogP) is 2.73. The quantitative estimate of drug-likeness (QED) is 0.680. The number of carbonyl (C=O) groups excluding carboxylic acids is 1. The number of methoxy groups -OCH3 is 1. The number of ether oxygens (including phenoxy) is 1. The molecule has 152 valence electrons. The van der Waals surface area contributed by atoms with Gasteiger partial charge in [0.1, 0.15) is 5.75 Å². The number of aromatic nitrogens is 1. The fourth-order valence-corrected chi connectivity index (χ4v) is 5.09. The predicted molar refractivity (Wildman–Crippen MR) is 117 cm³/mol. The van der Waals surface area contributed by atoms with Crippen LogP contribution in [-0.4, -0.2) is 49.6 Å². The van der Waals surface area contributed by atoms with Gasteiger partial charge in [0, 0.05) is 32.4 Å². The topological polar surface area (TPSA) is 46.9 Å². The van der Waals surface area contributed by atoms with Crippen LogP contribution in [0.1, 0.15) is 29.3 Å². The number of hydrogen-bond donors (Lipinski definition) is 1. The molecule has 0 saturated carbocycles. The molecule has 0 bridgehead atoms. The van der Waals surface area contributed by atoms with Crippen LogP contribution >= 0.6 is 11.3 Å². The Kier molecular flexibility index (Phi) is 6.11. The first-order valence-corrected chi connectivity index (χ1v) is 11.0. The van der Waals surface area contributed by atoms with E-state index in [4.69, 9.17) is 9.72 Å². The lowest BCUT2D eigenvalue weighted by atomic mass is 9.97. The van der Waals surface area contributed by atoms with Gasteiger partial charge >= 0.3 is 0 Å². The standard InChI is InChI=1S/C23H27N3O2S/c1-25(15-17-7-9-19(28-2)10-8-17)22(27)16-26-13-11-18(12-14-26)23-24-20-5-3-4-6-21(20)29-23/h3-10,18H,11-16H2,1-2H3/p+1. The van der Waals surface area contributed by atoms with E-state index in [-0.39, 0.29) is 5.91 Å². The largest absolute Gasteiger partial charge is 0.497 e. The fourth-order valence-electron chi connectivity index (χ4n) is 3.96. The first-order valence-electron chi connectivity index (χ1n) is 10.2. The van der Waals surface area contributed by atoms with Crippen LogP contribution < -0.4 is 9.64 Å². The Hall–Kier alpha value is -2.44. The van der Waals surface area contributed by atoms with Gasteiger partial charge in [0.2, 0.25) is 0 Å². The van der Waals surface area contributed by atoms with Crippen molar-refractivity contribution in [2.24, 2.45) is 0 Å². The lowest BCUT2D eigenvalue weighted by Gasteiger charge is -2.29. The molecule has 1 saturated heterocycles. The highest BCUT2D eigenvalue weighted by atomic mass is 32.1. The number of carbonyl (C=O) groups is 1. The van der Waals surface area contributed by atoms with E-state index in [1.807, 2.05) is 53.6 Å². The Morgan fingerprint density at radius 1 is 1.17 bits per heavy atom. The summed E-state index contributed by atoms with van der Waals surface area (Å²) in [5.74, 6) is 1.57. The van der Waals surface area contributed by atoms with E-state index in [0.29, 0.717) is 19.0 Å². The van der Waals surface area contributed by atoms with Crippen LogP contribution in [0.2, 0.25) is 0 Å². The molecule has 0 aliphatic carbocycles. The third kappa shape index (κ3) is 4.77. The summed E-state index contributed by atoms with van der Waals surface area (Å²) in [5, 5.41) is 1.26. The number of benzene rings is 2. The molecule has 1 aliphatic heterocycles. The average Bonchev–Trinajstić information content (AvgIpc) is 3.19. The van der Waals surface area contributed by atoms with Gasteiger partial charge in [-0.25, -0.2) is 4.98 Å². The van der Waals surface area contributed by atoms with Crippen molar-refractivity contribution in [3.63, 3.8) is 0 Å². The molecule has 0 spiro atoms. The minimum atomic E-state index is 0.203. The molecule has 1 amide bonds. The van der Waals surface area contributed by atoms with Crippen molar-refractivity contribution in [3.05, 3.63) is 59.1 Å². The van der Waals surface area contributed by atoms with Crippen molar-refractivity contribution < 1.29 is 14.4 Å². The highest BCUT2D eigenvalue weighted by Gasteiger charge is 2.27. The number of hydrogen-bond acceptors (Lipinski definition) is 4. The monoisotopic (exact) mass is 410 g/mol. The first-order chi connectivity index (χ1) is 14.1. The van der Waals surface area contributed by atoms with Gasteiger partial charge in [-0.2, -0.15) is 0 Å². The average molecular weight is 411 g/mol. The zero-order valence-electron chi connectivity index (χ0n) is 17.1. The molecule has 4 rings (SSSR count). The summed E-state index contributed by atoms with van der Waals surface area (Å²) >= 11 is 1.82. The second-order valence-corrected chi connectivity index (χ2v) is 8.88. The number of nitrogens with one attached hydrogen (secondary N) is 1. The smallest absolute Gasteiger partial charge is 0.277 e. The van der Waals surface area contributed by atoms with Gasteiger partial charge in [-0.3, -0.25) is 4.79 Å². The summed E-state index contributed by atoms with van der Waals surface area (Å²) < 4.78 is 6.46. The molecule has 1 aromatic heterocycles. The Morgan fingerprint density at radius 3 is 2.59 bits per heavy atom. The van der Waals surface area contributed by atoms with Crippen LogP contribution in [0.5, 0.6) is 5.75 Å². The van der Waals surface area contributed by atoms with Gasteiger partial charge in [0.05, 0.1) is 35.4 Å². The zero-order chi connectivity index (χ0) is 20.2. The van der Waals surface area contributed by atoms with Crippen LogP contribution in [0.3, 0.4) is 0 Å².